The fourth-order valence-corrected chi connectivity index (χ4v) is 32.7. The molecule has 4 heteroatoms. The minimum Gasteiger partial charge on any atom is -0.200 e. The molecule has 708 valence electrons. The lowest BCUT2D eigenvalue weighted by molar-refractivity contribution is -0.662. The number of aromatic nitrogens is 4. The largest absolute Gasteiger partial charge is 0.216 e. The smallest absolute Gasteiger partial charge is 0.200 e. The summed E-state index contributed by atoms with van der Waals surface area (Å²) in [6.07, 6.45) is 21.0. The first-order valence-corrected chi connectivity index (χ1v) is 51.8. The number of rotatable bonds is 0. The van der Waals surface area contributed by atoms with Gasteiger partial charge in [0.15, 0.2) is 24.8 Å². The van der Waals surface area contributed by atoms with Gasteiger partial charge < -0.3 is 0 Å². The predicted octanol–water partition coefficient (Wildman–Crippen LogP) is 30.7. The van der Waals surface area contributed by atoms with E-state index in [2.05, 4.69) is 440 Å². The Hall–Kier alpha value is -6.52. The van der Waals surface area contributed by atoms with Gasteiger partial charge in [-0.1, -0.05) is 341 Å². The van der Waals surface area contributed by atoms with E-state index in [0.29, 0.717) is 0 Å². The maximum absolute atomic E-state index is 2.57. The molecular formula is C127H184N4+4. The zero-order chi connectivity index (χ0) is 98.4. The van der Waals surface area contributed by atoms with Crippen LogP contribution in [0.15, 0.2) is 61.2 Å². The van der Waals surface area contributed by atoms with Gasteiger partial charge in [-0.25, -0.2) is 18.3 Å². The molecule has 0 radical (unpaired) electrons. The number of nitrogens with zero attached hydrogens (tertiary/aromatic N) is 4. The Morgan fingerprint density at radius 3 is 0.618 bits per heavy atom. The van der Waals surface area contributed by atoms with Crippen LogP contribution in [0.25, 0.3) is 45.0 Å². The minimum atomic E-state index is 0.00744. The quantitative estimate of drug-likeness (QED) is 0.135. The third-order valence-corrected chi connectivity index (χ3v) is 40.8. The van der Waals surface area contributed by atoms with Crippen molar-refractivity contribution in [2.45, 2.75) is 509 Å². The molecule has 19 rings (SSSR count). The van der Waals surface area contributed by atoms with E-state index in [4.69, 9.17) is 0 Å². The van der Waals surface area contributed by atoms with Crippen LogP contribution in [0.5, 0.6) is 0 Å². The highest BCUT2D eigenvalue weighted by Crippen LogP contribution is 2.70. The molecule has 4 nitrogen and oxygen atoms in total. The summed E-state index contributed by atoms with van der Waals surface area (Å²) in [6.45, 7) is 119. The van der Waals surface area contributed by atoms with Crippen LogP contribution in [0.1, 0.15) is 507 Å². The van der Waals surface area contributed by atoms with Crippen LogP contribution in [-0.4, -0.2) is 0 Å². The Labute approximate surface area is 801 Å². The topological polar surface area (TPSA) is 15.5 Å². The average molecular weight is 1770 g/mol. The summed E-state index contributed by atoms with van der Waals surface area (Å²) in [4.78, 5) is 0. The van der Waals surface area contributed by atoms with Gasteiger partial charge in [-0.2, -0.15) is 0 Å². The molecule has 4 heterocycles. The van der Waals surface area contributed by atoms with Crippen molar-refractivity contribution in [1.82, 2.24) is 0 Å². The number of fused-ring (bicyclic) bond motifs is 26. The number of benzene rings is 4. The van der Waals surface area contributed by atoms with Gasteiger partial charge in [-0.05, 0) is 267 Å². The van der Waals surface area contributed by atoms with Crippen molar-refractivity contribution in [3.63, 3.8) is 0 Å². The van der Waals surface area contributed by atoms with Crippen LogP contribution < -0.4 is 18.3 Å². The molecule has 0 aliphatic heterocycles. The highest BCUT2D eigenvalue weighted by Gasteiger charge is 2.65. The van der Waals surface area contributed by atoms with Crippen molar-refractivity contribution >= 4 is 0 Å². The molecule has 4 aromatic heterocycles. The van der Waals surface area contributed by atoms with E-state index in [0.717, 1.165) is 0 Å². The van der Waals surface area contributed by atoms with E-state index in [1.165, 1.54) is 131 Å². The maximum Gasteiger partial charge on any atom is 0.216 e. The molecular weight excluding hydrogens is 1580 g/mol. The van der Waals surface area contributed by atoms with E-state index in [1.54, 1.807) is 117 Å². The van der Waals surface area contributed by atoms with Crippen LogP contribution in [-0.2, 0) is 147 Å². The highest BCUT2D eigenvalue weighted by molar-refractivity contribution is 5.86. The lowest BCUT2D eigenvalue weighted by atomic mass is 9.50. The summed E-state index contributed by atoms with van der Waals surface area (Å²) in [7, 11) is 9.19. The first-order valence-electron chi connectivity index (χ1n) is 51.8. The van der Waals surface area contributed by atoms with Gasteiger partial charge in [-0.3, -0.25) is 0 Å². The third-order valence-electron chi connectivity index (χ3n) is 40.8. The van der Waals surface area contributed by atoms with Crippen molar-refractivity contribution in [2.75, 3.05) is 0 Å². The molecule has 0 N–H and O–H groups in total. The summed E-state index contributed by atoms with van der Waals surface area (Å²) in [6, 6.07) is 14.6. The van der Waals surface area contributed by atoms with Crippen LogP contribution in [0.3, 0.4) is 0 Å². The van der Waals surface area contributed by atoms with Crippen molar-refractivity contribution in [1.29, 1.82) is 0 Å². The second kappa shape index (κ2) is 27.7. The molecule has 0 atom stereocenters. The second-order valence-electron chi connectivity index (χ2n) is 59.4. The number of aryl methyl sites for hydroxylation is 8. The molecule has 8 aromatic rings. The normalized spacial score (nSPS) is 24.8. The number of hydrogen-bond donors (Lipinski definition) is 0. The fraction of sp³-hybridized carbons (Fsp3) is 0.654. The molecule has 0 spiro atoms. The van der Waals surface area contributed by atoms with E-state index in [1.807, 2.05) is 0 Å². The monoisotopic (exact) mass is 1770 g/mol. The van der Waals surface area contributed by atoms with Gasteiger partial charge in [0.1, 0.15) is 28.2 Å². The molecule has 0 unspecified atom stereocenters. The minimum absolute atomic E-state index is 0.00744. The molecule has 11 aliphatic rings. The maximum atomic E-state index is 2.57. The van der Waals surface area contributed by atoms with Crippen LogP contribution >= 0.6 is 0 Å². The molecule has 0 fully saturated rings. The summed E-state index contributed by atoms with van der Waals surface area (Å²) in [5, 5.41) is 0. The Morgan fingerprint density at radius 1 is 0.176 bits per heavy atom. The van der Waals surface area contributed by atoms with Crippen molar-refractivity contribution < 1.29 is 18.3 Å². The van der Waals surface area contributed by atoms with Gasteiger partial charge >= 0.3 is 0 Å². The van der Waals surface area contributed by atoms with Crippen molar-refractivity contribution in [3.8, 4) is 45.0 Å². The van der Waals surface area contributed by atoms with E-state index < -0.39 is 0 Å². The Morgan fingerprint density at radius 2 is 0.366 bits per heavy atom. The first-order chi connectivity index (χ1) is 58.8. The van der Waals surface area contributed by atoms with Crippen molar-refractivity contribution in [2.24, 2.45) is 28.2 Å². The SMILES string of the molecule is Cc1cc2c(c3c1-c1c(c4c(c[n+]1C)C(C)(C)CC4(C)C)C(C)(C)C3(C)C)C(C)(C)CC2(C)C.Cc1cc2c(c3c1-c1c(c4c(c[n+]1C)C(C)(C)CC4(C)C)C(C)(C)C3(C)C)C(C)(C)CC2(C)C.Cc1cc2c(c3c1-c1c(c4c(c[n+]1C)C(C)(C)CCC4(C)C)C(C)(C)C3(C)C)C(C)(C)CC2(C)C.Cc1cccc2c1-c1c(c3c(c[n+]1C)C(C)(C)CCC3(C)C)C(C)(C)C2(C)C. The molecule has 0 amide bonds. The lowest BCUT2D eigenvalue weighted by Crippen LogP contribution is -2.52. The van der Waals surface area contributed by atoms with Crippen LogP contribution in [0.4, 0.5) is 0 Å². The Balaban J connectivity index is 0.000000128. The number of pyridine rings is 4. The number of hydrogen-bond acceptors (Lipinski definition) is 0. The Bertz CT molecular complexity index is 5910. The summed E-state index contributed by atoms with van der Waals surface area (Å²) < 4.78 is 9.96. The standard InChI is InChI=1S/C34H50N.2C33H48N.C27H38N/c1-20-17-21-24(32(8,9)19-31(21,6)7)26-23(20)28-27(34(12,13)33(26,10)11)25-22(18-35(28)14)29(2,3)15-16-30(25,4)5;2*1-19-15-20-23(30(6,7)17-28(20,2)3)25-22(19)27-26(33(12,13)32(25,10)11)24-21(16-34(27)14)29(4,5)18-31(24,8)9;1-17-12-11-13-18-20(17)23-22(27(8,9)26(18,6)7)21-19(16-28(23)10)24(2,3)14-15-25(21,4)5/h17-18H,15-16,19H2,1-14H3;2*15-16H,17-18H2,1-14H3;11-13,16H,14-15H2,1-10H3/q4*+1. The van der Waals surface area contributed by atoms with Crippen molar-refractivity contribution in [3.05, 3.63) is 206 Å². The second-order valence-corrected chi connectivity index (χ2v) is 59.4. The van der Waals surface area contributed by atoms with E-state index in [-0.39, 0.29) is 119 Å². The highest BCUT2D eigenvalue weighted by atomic mass is 15.0. The van der Waals surface area contributed by atoms with Gasteiger partial charge in [0, 0.05) is 82.4 Å². The lowest BCUT2D eigenvalue weighted by Gasteiger charge is -2.52. The summed E-state index contributed by atoms with van der Waals surface area (Å²) >= 11 is 0. The zero-order valence-corrected chi connectivity index (χ0v) is 93.9. The van der Waals surface area contributed by atoms with E-state index in [9.17, 15) is 0 Å². The molecule has 0 saturated heterocycles. The molecule has 11 aliphatic carbocycles. The predicted molar refractivity (Wildman–Crippen MR) is 559 cm³/mol. The first kappa shape index (κ1) is 97.6. The third kappa shape index (κ3) is 12.9. The summed E-state index contributed by atoms with van der Waals surface area (Å²) in [5.74, 6) is 0. The van der Waals surface area contributed by atoms with Gasteiger partial charge in [0.2, 0.25) is 22.8 Å². The Kier molecular flexibility index (Phi) is 20.6. The molecule has 0 saturated carbocycles. The molecule has 4 aromatic carbocycles. The average Bonchev–Trinajstić information content (AvgIpc) is 1.50. The van der Waals surface area contributed by atoms with Crippen LogP contribution in [0, 0.1) is 27.7 Å². The van der Waals surface area contributed by atoms with E-state index >= 15 is 0 Å². The summed E-state index contributed by atoms with van der Waals surface area (Å²) in [5.41, 5.74) is 55.9. The molecule has 131 heavy (non-hydrogen) atoms. The van der Waals surface area contributed by atoms with Gasteiger partial charge in [-0.15, -0.1) is 0 Å². The van der Waals surface area contributed by atoms with Gasteiger partial charge in [0.25, 0.3) is 0 Å². The van der Waals surface area contributed by atoms with Gasteiger partial charge in [0.05, 0.1) is 22.3 Å². The zero-order valence-electron chi connectivity index (χ0n) is 93.9. The van der Waals surface area contributed by atoms with Crippen LogP contribution in [0.2, 0.25) is 0 Å². The molecule has 0 bridgehead atoms. The fourth-order valence-electron chi connectivity index (χ4n) is 32.7.